The molecule has 0 spiro atoms. The van der Waals surface area contributed by atoms with Crippen molar-refractivity contribution < 1.29 is 0 Å². The lowest BCUT2D eigenvalue weighted by atomic mass is 10.2. The van der Waals surface area contributed by atoms with E-state index in [9.17, 15) is 0 Å². The van der Waals surface area contributed by atoms with Crippen LogP contribution in [0.1, 0.15) is 23.7 Å². The molecule has 19 heavy (non-hydrogen) atoms. The number of fused-ring (bicyclic) bond motifs is 1. The quantitative estimate of drug-likeness (QED) is 0.788. The number of nitrogens with zero attached hydrogens (tertiary/aromatic N) is 2. The van der Waals surface area contributed by atoms with Gasteiger partial charge < -0.3 is 9.88 Å². The van der Waals surface area contributed by atoms with E-state index in [0.717, 1.165) is 12.4 Å². The Bertz CT molecular complexity index is 650. The van der Waals surface area contributed by atoms with Crippen LogP contribution in [-0.4, -0.2) is 16.6 Å². The Morgan fingerprint density at radius 3 is 2.95 bits per heavy atom. The highest BCUT2D eigenvalue weighted by molar-refractivity contribution is 7.19. The topological polar surface area (TPSA) is 29.9 Å². The summed E-state index contributed by atoms with van der Waals surface area (Å²) < 4.78 is 3.51. The Kier molecular flexibility index (Phi) is 3.36. The Labute approximate surface area is 116 Å². The summed E-state index contributed by atoms with van der Waals surface area (Å²) in [7, 11) is 1.99. The first-order chi connectivity index (χ1) is 9.33. The van der Waals surface area contributed by atoms with E-state index in [2.05, 4.69) is 52.1 Å². The number of aryl methyl sites for hydroxylation is 1. The number of imidazole rings is 1. The number of hydrogen-bond donors (Lipinski definition) is 1. The summed E-state index contributed by atoms with van der Waals surface area (Å²) in [5.41, 5.74) is 0. The van der Waals surface area contributed by atoms with Gasteiger partial charge >= 0.3 is 0 Å². The maximum absolute atomic E-state index is 4.51. The molecule has 0 aliphatic rings. The van der Waals surface area contributed by atoms with E-state index >= 15 is 0 Å². The van der Waals surface area contributed by atoms with Gasteiger partial charge in [0, 0.05) is 28.5 Å². The smallest absolute Gasteiger partial charge is 0.131 e. The summed E-state index contributed by atoms with van der Waals surface area (Å²) in [5.74, 6) is 1.08. The zero-order valence-electron chi connectivity index (χ0n) is 11.1. The molecule has 4 heteroatoms. The zero-order valence-corrected chi connectivity index (χ0v) is 11.9. The molecule has 0 saturated carbocycles. The van der Waals surface area contributed by atoms with E-state index < -0.39 is 0 Å². The standard InChI is InChI=1S/C15H17N3S/c1-3-18-9-8-17-15(18)14(16-2)13-10-11-6-4-5-7-12(11)19-13/h4-10,14,16H,3H2,1-2H3. The maximum atomic E-state index is 4.51. The van der Waals surface area contributed by atoms with Crippen molar-refractivity contribution >= 4 is 21.4 Å². The van der Waals surface area contributed by atoms with Gasteiger partial charge in [0.2, 0.25) is 0 Å². The fraction of sp³-hybridized carbons (Fsp3) is 0.267. The van der Waals surface area contributed by atoms with E-state index in [1.165, 1.54) is 15.0 Å². The molecule has 1 atom stereocenters. The lowest BCUT2D eigenvalue weighted by Crippen LogP contribution is -2.20. The van der Waals surface area contributed by atoms with Crippen LogP contribution in [0.25, 0.3) is 10.1 Å². The Morgan fingerprint density at radius 2 is 2.21 bits per heavy atom. The summed E-state index contributed by atoms with van der Waals surface area (Å²) in [6, 6.07) is 10.9. The third-order valence-corrected chi connectivity index (χ3v) is 4.55. The Hall–Kier alpha value is -1.65. The van der Waals surface area contributed by atoms with E-state index in [4.69, 9.17) is 0 Å². The molecule has 2 aromatic heterocycles. The van der Waals surface area contributed by atoms with Crippen molar-refractivity contribution in [3.8, 4) is 0 Å². The Morgan fingerprint density at radius 1 is 1.37 bits per heavy atom. The number of hydrogen-bond acceptors (Lipinski definition) is 3. The molecular weight excluding hydrogens is 254 g/mol. The average Bonchev–Trinajstić information content (AvgIpc) is 3.05. The van der Waals surface area contributed by atoms with Crippen LogP contribution in [0.5, 0.6) is 0 Å². The summed E-state index contributed by atoms with van der Waals surface area (Å²) in [4.78, 5) is 5.82. The lowest BCUT2D eigenvalue weighted by molar-refractivity contribution is 0.597. The number of rotatable bonds is 4. The molecule has 98 valence electrons. The third kappa shape index (κ3) is 2.17. The molecule has 1 unspecified atom stereocenters. The molecule has 3 aromatic rings. The fourth-order valence-electron chi connectivity index (χ4n) is 2.39. The van der Waals surface area contributed by atoms with Gasteiger partial charge in [-0.2, -0.15) is 0 Å². The maximum Gasteiger partial charge on any atom is 0.131 e. The highest BCUT2D eigenvalue weighted by atomic mass is 32.1. The van der Waals surface area contributed by atoms with Crippen LogP contribution in [0.3, 0.4) is 0 Å². The van der Waals surface area contributed by atoms with Crippen LogP contribution in [0, 0.1) is 0 Å². The molecule has 3 nitrogen and oxygen atoms in total. The van der Waals surface area contributed by atoms with Gasteiger partial charge in [-0.05, 0) is 31.5 Å². The van der Waals surface area contributed by atoms with Gasteiger partial charge in [0.05, 0.1) is 0 Å². The van der Waals surface area contributed by atoms with Crippen molar-refractivity contribution in [2.75, 3.05) is 7.05 Å². The van der Waals surface area contributed by atoms with E-state index in [0.29, 0.717) is 0 Å². The van der Waals surface area contributed by atoms with Crippen molar-refractivity contribution in [2.24, 2.45) is 0 Å². The average molecular weight is 271 g/mol. The molecule has 2 heterocycles. The Balaban J connectivity index is 2.06. The second kappa shape index (κ2) is 5.15. The molecule has 1 N–H and O–H groups in total. The molecule has 0 aliphatic carbocycles. The van der Waals surface area contributed by atoms with E-state index in [1.807, 2.05) is 30.8 Å². The monoisotopic (exact) mass is 271 g/mol. The molecule has 1 aromatic carbocycles. The van der Waals surface area contributed by atoms with Crippen molar-refractivity contribution in [1.29, 1.82) is 0 Å². The summed E-state index contributed by atoms with van der Waals surface area (Å²) in [6.45, 7) is 3.08. The van der Waals surface area contributed by atoms with Crippen molar-refractivity contribution in [3.63, 3.8) is 0 Å². The van der Waals surface area contributed by atoms with E-state index in [-0.39, 0.29) is 6.04 Å². The van der Waals surface area contributed by atoms with Gasteiger partial charge in [-0.15, -0.1) is 11.3 Å². The largest absolute Gasteiger partial charge is 0.334 e. The predicted molar refractivity (Wildman–Crippen MR) is 80.6 cm³/mol. The van der Waals surface area contributed by atoms with Gasteiger partial charge in [0.15, 0.2) is 0 Å². The van der Waals surface area contributed by atoms with Crippen LogP contribution < -0.4 is 5.32 Å². The van der Waals surface area contributed by atoms with Crippen LogP contribution in [0.2, 0.25) is 0 Å². The number of nitrogens with one attached hydrogen (secondary N) is 1. The molecule has 0 radical (unpaired) electrons. The van der Waals surface area contributed by atoms with Crippen molar-refractivity contribution in [2.45, 2.75) is 19.5 Å². The highest BCUT2D eigenvalue weighted by Crippen LogP contribution is 2.32. The first-order valence-corrected chi connectivity index (χ1v) is 7.32. The summed E-state index contributed by atoms with van der Waals surface area (Å²) in [5, 5.41) is 4.69. The summed E-state index contributed by atoms with van der Waals surface area (Å²) >= 11 is 1.83. The van der Waals surface area contributed by atoms with Crippen molar-refractivity contribution in [3.05, 3.63) is 53.4 Å². The zero-order chi connectivity index (χ0) is 13.2. The van der Waals surface area contributed by atoms with Crippen LogP contribution in [-0.2, 0) is 6.54 Å². The minimum Gasteiger partial charge on any atom is -0.334 e. The fourth-order valence-corrected chi connectivity index (χ4v) is 3.56. The minimum atomic E-state index is 0.160. The molecule has 0 saturated heterocycles. The first kappa shape index (κ1) is 12.4. The first-order valence-electron chi connectivity index (χ1n) is 6.50. The molecular formula is C15H17N3S. The van der Waals surface area contributed by atoms with Gasteiger partial charge in [-0.1, -0.05) is 18.2 Å². The van der Waals surface area contributed by atoms with Crippen LogP contribution in [0.15, 0.2) is 42.7 Å². The molecule has 0 bridgehead atoms. The van der Waals surface area contributed by atoms with E-state index in [1.54, 1.807) is 0 Å². The number of thiophene rings is 1. The molecule has 3 rings (SSSR count). The third-order valence-electron chi connectivity index (χ3n) is 3.36. The number of benzene rings is 1. The highest BCUT2D eigenvalue weighted by Gasteiger charge is 2.19. The van der Waals surface area contributed by atoms with Gasteiger partial charge in [0.1, 0.15) is 11.9 Å². The predicted octanol–water partition coefficient (Wildman–Crippen LogP) is 3.43. The molecule has 0 fully saturated rings. The molecule has 0 aliphatic heterocycles. The second-order valence-electron chi connectivity index (χ2n) is 4.48. The van der Waals surface area contributed by atoms with Crippen LogP contribution >= 0.6 is 11.3 Å². The van der Waals surface area contributed by atoms with Gasteiger partial charge in [-0.25, -0.2) is 4.98 Å². The van der Waals surface area contributed by atoms with Crippen LogP contribution in [0.4, 0.5) is 0 Å². The summed E-state index contributed by atoms with van der Waals surface area (Å²) in [6.07, 6.45) is 3.91. The SMILES string of the molecule is CCn1ccnc1C(NC)c1cc2ccccc2s1. The lowest BCUT2D eigenvalue weighted by Gasteiger charge is -2.15. The number of aromatic nitrogens is 2. The van der Waals surface area contributed by atoms with Crippen molar-refractivity contribution in [1.82, 2.24) is 14.9 Å². The minimum absolute atomic E-state index is 0.160. The molecule has 0 amide bonds. The second-order valence-corrected chi connectivity index (χ2v) is 5.60. The van der Waals surface area contributed by atoms with Gasteiger partial charge in [0.25, 0.3) is 0 Å². The normalized spacial score (nSPS) is 12.9. The van der Waals surface area contributed by atoms with Gasteiger partial charge in [-0.3, -0.25) is 0 Å².